The first-order valence-corrected chi connectivity index (χ1v) is 19.8. The zero-order valence-corrected chi connectivity index (χ0v) is 33.9. The molecule has 0 aromatic heterocycles. The number of hydrogen-bond donors (Lipinski definition) is 3. The third-order valence-corrected chi connectivity index (χ3v) is 11.5. The third kappa shape index (κ3) is 8.67. The molecule has 0 radical (unpaired) electrons. The lowest BCUT2D eigenvalue weighted by Crippen LogP contribution is -2.59. The minimum absolute atomic E-state index is 0.0938. The molecule has 3 N–H and O–H groups in total. The number of carbonyl (C=O) groups excluding carboxylic acids is 5. The van der Waals surface area contributed by atoms with Crippen molar-refractivity contribution in [3.8, 4) is 11.1 Å². The quantitative estimate of drug-likeness (QED) is 0.194. The average Bonchev–Trinajstić information content (AvgIpc) is 3.99. The van der Waals surface area contributed by atoms with Gasteiger partial charge in [-0.1, -0.05) is 76.2 Å². The topological polar surface area (TPSA) is 159 Å². The van der Waals surface area contributed by atoms with Gasteiger partial charge in [0.05, 0.1) is 26.0 Å². The van der Waals surface area contributed by atoms with E-state index in [2.05, 4.69) is 58.4 Å². The Kier molecular flexibility index (Phi) is 12.3. The highest BCUT2D eigenvalue weighted by atomic mass is 16.5. The van der Waals surface area contributed by atoms with Crippen LogP contribution in [0.25, 0.3) is 27.6 Å². The van der Waals surface area contributed by atoms with E-state index in [9.17, 15) is 24.0 Å². The smallest absolute Gasteiger partial charge is 0.407 e. The Labute approximate surface area is 334 Å². The average molecular weight is 779 g/mol. The highest BCUT2D eigenvalue weighted by Crippen LogP contribution is 2.34. The minimum atomic E-state index is -1.08. The first kappa shape index (κ1) is 40.9. The molecule has 4 atom stereocenters. The molecule has 13 heteroatoms. The van der Waals surface area contributed by atoms with Gasteiger partial charge in [-0.05, 0) is 90.1 Å². The van der Waals surface area contributed by atoms with E-state index in [-0.39, 0.29) is 35.6 Å². The lowest BCUT2D eigenvalue weighted by molar-refractivity contribution is -0.144. The zero-order valence-electron chi connectivity index (χ0n) is 33.9. The molecule has 3 aliphatic heterocycles. The van der Waals surface area contributed by atoms with Crippen LogP contribution < -0.4 is 16.0 Å². The first-order valence-electron chi connectivity index (χ1n) is 19.8. The van der Waals surface area contributed by atoms with Crippen LogP contribution in [0, 0.1) is 11.8 Å². The molecule has 57 heavy (non-hydrogen) atoms. The summed E-state index contributed by atoms with van der Waals surface area (Å²) >= 11 is 0. The highest BCUT2D eigenvalue weighted by Gasteiger charge is 2.48. The summed E-state index contributed by atoms with van der Waals surface area (Å²) < 4.78 is 9.50. The Morgan fingerprint density at radius 3 is 2.00 bits per heavy atom. The van der Waals surface area contributed by atoms with Gasteiger partial charge < -0.3 is 35.2 Å². The number of ether oxygens (including phenoxy) is 2. The van der Waals surface area contributed by atoms with Gasteiger partial charge in [-0.15, -0.1) is 0 Å². The monoisotopic (exact) mass is 778 g/mol. The number of anilines is 1. The number of alkyl carbamates (subject to hydrolysis) is 2. The molecule has 3 aromatic carbocycles. The number of aliphatic imine (C=N–C) groups is 1. The van der Waals surface area contributed by atoms with Gasteiger partial charge in [0, 0.05) is 30.9 Å². The fourth-order valence-electron chi connectivity index (χ4n) is 8.12. The summed E-state index contributed by atoms with van der Waals surface area (Å²) in [4.78, 5) is 73.3. The van der Waals surface area contributed by atoms with Gasteiger partial charge in [0.1, 0.15) is 17.6 Å². The number of methoxy groups -OCH3 is 2. The Bertz CT molecular complexity index is 2090. The number of fused-ring (bicyclic) bond motifs is 1. The van der Waals surface area contributed by atoms with Gasteiger partial charge in [-0.2, -0.15) is 0 Å². The maximum atomic E-state index is 13.8. The van der Waals surface area contributed by atoms with Crippen LogP contribution in [-0.2, 0) is 23.9 Å². The minimum Gasteiger partial charge on any atom is -0.453 e. The highest BCUT2D eigenvalue weighted by molar-refractivity contribution is 6.04. The van der Waals surface area contributed by atoms with E-state index in [1.807, 2.05) is 56.9 Å². The molecule has 0 unspecified atom stereocenters. The SMILES string of the molecule is COC(=O)N[C@H](C(=O)N1CCC[C@H]1C1=NC(c2ccc(-c3ccc4cc(NC(=O)[C@]5(C)CCCN5C(=O)[C@@H](NC(=O)OC)C(C)C)ccc4c3)cc2)=CC1)C(C)C. The van der Waals surface area contributed by atoms with Crippen molar-refractivity contribution in [2.24, 2.45) is 16.8 Å². The normalized spacial score (nSPS) is 20.3. The van der Waals surface area contributed by atoms with Crippen molar-refractivity contribution in [1.29, 1.82) is 0 Å². The molecule has 0 bridgehead atoms. The number of benzene rings is 3. The summed E-state index contributed by atoms with van der Waals surface area (Å²) in [6.45, 7) is 10.3. The number of hydrogen-bond acceptors (Lipinski definition) is 8. The van der Waals surface area contributed by atoms with Crippen LogP contribution in [0.5, 0.6) is 0 Å². The van der Waals surface area contributed by atoms with Crippen molar-refractivity contribution < 1.29 is 33.4 Å². The fourth-order valence-corrected chi connectivity index (χ4v) is 8.12. The van der Waals surface area contributed by atoms with Crippen LogP contribution in [0.2, 0.25) is 0 Å². The summed E-state index contributed by atoms with van der Waals surface area (Å²) in [5, 5.41) is 10.4. The second-order valence-electron chi connectivity index (χ2n) is 16.0. The van der Waals surface area contributed by atoms with Crippen LogP contribution in [-0.4, -0.2) is 96.4 Å². The van der Waals surface area contributed by atoms with Crippen molar-refractivity contribution in [1.82, 2.24) is 20.4 Å². The van der Waals surface area contributed by atoms with E-state index < -0.39 is 29.8 Å². The lowest BCUT2D eigenvalue weighted by atomic mass is 9.94. The largest absolute Gasteiger partial charge is 0.453 e. The molecule has 13 nitrogen and oxygen atoms in total. The van der Waals surface area contributed by atoms with E-state index in [1.165, 1.54) is 14.2 Å². The van der Waals surface area contributed by atoms with Crippen molar-refractivity contribution >= 4 is 57.8 Å². The predicted octanol–water partition coefficient (Wildman–Crippen LogP) is 6.76. The standard InChI is InChI=1S/C44H54N6O7/c1-26(2)37(47-42(54)56-6)39(51)49-22-8-10-36(49)35-20-19-34(46-35)29-13-11-28(12-14-29)30-15-16-32-25-33(18-17-31(32)24-30)45-41(53)44(5)21-9-23-50(44)40(52)38(27(3)4)48-43(55)57-7/h11-19,24-27,36-38H,8-10,20-23H2,1-7H3,(H,45,53)(H,47,54)(H,48,55)/t36-,37-,38-,44-/m0/s1. The number of rotatable bonds is 11. The lowest BCUT2D eigenvalue weighted by Gasteiger charge is -2.37. The molecule has 3 aromatic rings. The van der Waals surface area contributed by atoms with E-state index in [0.29, 0.717) is 38.0 Å². The molecule has 0 aliphatic carbocycles. The van der Waals surface area contributed by atoms with E-state index in [0.717, 1.165) is 51.7 Å². The summed E-state index contributed by atoms with van der Waals surface area (Å²) in [7, 11) is 2.55. The Hall–Kier alpha value is -5.72. The molecule has 0 spiro atoms. The van der Waals surface area contributed by atoms with E-state index in [1.54, 1.807) is 11.8 Å². The summed E-state index contributed by atoms with van der Waals surface area (Å²) in [5.74, 6) is -0.986. The van der Waals surface area contributed by atoms with Gasteiger partial charge in [-0.3, -0.25) is 19.4 Å². The molecule has 0 saturated carbocycles. The molecule has 302 valence electrons. The molecular formula is C44H54N6O7. The molecule has 3 heterocycles. The van der Waals surface area contributed by atoms with Crippen LogP contribution in [0.4, 0.5) is 15.3 Å². The maximum absolute atomic E-state index is 13.8. The summed E-state index contributed by atoms with van der Waals surface area (Å²) in [6, 6.07) is 18.7. The number of nitrogens with one attached hydrogen (secondary N) is 3. The van der Waals surface area contributed by atoms with Crippen molar-refractivity contribution in [2.75, 3.05) is 32.6 Å². The first-order chi connectivity index (χ1) is 27.2. The Morgan fingerprint density at radius 1 is 0.754 bits per heavy atom. The molecule has 5 amide bonds. The van der Waals surface area contributed by atoms with Crippen molar-refractivity contribution in [2.45, 2.75) is 90.4 Å². The number of allylic oxidation sites excluding steroid dienone is 1. The predicted molar refractivity (Wildman–Crippen MR) is 220 cm³/mol. The number of nitrogens with zero attached hydrogens (tertiary/aromatic N) is 3. The maximum Gasteiger partial charge on any atom is 0.407 e. The zero-order chi connectivity index (χ0) is 41.0. The molecular weight excluding hydrogens is 725 g/mol. The second kappa shape index (κ2) is 17.2. The van der Waals surface area contributed by atoms with Crippen LogP contribution in [0.3, 0.4) is 0 Å². The molecule has 6 rings (SSSR count). The Balaban J connectivity index is 1.11. The molecule has 3 aliphatic rings. The van der Waals surface area contributed by atoms with Gasteiger partial charge in [0.25, 0.3) is 0 Å². The molecule has 2 saturated heterocycles. The summed E-state index contributed by atoms with van der Waals surface area (Å²) in [5.41, 5.74) is 4.48. The van der Waals surface area contributed by atoms with Gasteiger partial charge in [0.15, 0.2) is 0 Å². The summed E-state index contributed by atoms with van der Waals surface area (Å²) in [6.07, 6.45) is 4.35. The number of amides is 5. The van der Waals surface area contributed by atoms with Crippen LogP contribution >= 0.6 is 0 Å². The molecule has 2 fully saturated rings. The van der Waals surface area contributed by atoms with Crippen LogP contribution in [0.15, 0.2) is 71.7 Å². The van der Waals surface area contributed by atoms with Gasteiger partial charge >= 0.3 is 12.2 Å². The van der Waals surface area contributed by atoms with Gasteiger partial charge in [-0.25, -0.2) is 9.59 Å². The third-order valence-electron chi connectivity index (χ3n) is 11.5. The number of carbonyl (C=O) groups is 5. The van der Waals surface area contributed by atoms with Crippen LogP contribution in [0.1, 0.15) is 72.3 Å². The Morgan fingerprint density at radius 2 is 1.35 bits per heavy atom. The van der Waals surface area contributed by atoms with Gasteiger partial charge in [0.2, 0.25) is 17.7 Å². The fraction of sp³-hybridized carbons (Fsp3) is 0.455. The van der Waals surface area contributed by atoms with Crippen molar-refractivity contribution in [3.05, 3.63) is 72.3 Å². The van der Waals surface area contributed by atoms with E-state index in [4.69, 9.17) is 14.5 Å². The van der Waals surface area contributed by atoms with Crippen molar-refractivity contribution in [3.63, 3.8) is 0 Å². The van der Waals surface area contributed by atoms with E-state index >= 15 is 0 Å². The number of likely N-dealkylation sites (tertiary alicyclic amines) is 2. The second-order valence-corrected chi connectivity index (χ2v) is 16.0.